The topological polar surface area (TPSA) is 76.1 Å². The van der Waals surface area contributed by atoms with Crippen LogP contribution < -0.4 is 15.4 Å². The molecule has 0 spiro atoms. The van der Waals surface area contributed by atoms with Crippen LogP contribution in [0.15, 0.2) is 12.4 Å². The molecule has 0 saturated carbocycles. The fourth-order valence-corrected chi connectivity index (χ4v) is 1.71. The molecule has 2 rings (SSSR count). The molecular weight excluding hydrogens is 220 g/mol. The van der Waals surface area contributed by atoms with Crippen LogP contribution in [0.2, 0.25) is 0 Å². The molecule has 92 valence electrons. The number of hydrogen-bond acceptors (Lipinski definition) is 5. The Morgan fingerprint density at radius 2 is 2.47 bits per heavy atom. The average Bonchev–Trinajstić information content (AvgIpc) is 2.33. The Morgan fingerprint density at radius 3 is 3.18 bits per heavy atom. The molecule has 1 aliphatic rings. The first-order valence-corrected chi connectivity index (χ1v) is 5.76. The predicted molar refractivity (Wildman–Crippen MR) is 62.9 cm³/mol. The zero-order chi connectivity index (χ0) is 12.1. The molecule has 1 aromatic rings. The van der Waals surface area contributed by atoms with Gasteiger partial charge in [-0.05, 0) is 13.3 Å². The maximum Gasteiger partial charge on any atom is 0.220 e. The Morgan fingerprint density at radius 1 is 1.59 bits per heavy atom. The van der Waals surface area contributed by atoms with E-state index in [1.165, 1.54) is 6.33 Å². The van der Waals surface area contributed by atoms with Gasteiger partial charge in [-0.15, -0.1) is 0 Å². The number of amides is 1. The molecule has 1 aliphatic heterocycles. The SMILES string of the molecule is CCOc1cc(NC2CCC(=O)NC2)ncn1. The summed E-state index contributed by atoms with van der Waals surface area (Å²) in [4.78, 5) is 19.1. The van der Waals surface area contributed by atoms with Crippen LogP contribution in [-0.2, 0) is 4.79 Å². The van der Waals surface area contributed by atoms with Gasteiger partial charge in [0.05, 0.1) is 6.61 Å². The standard InChI is InChI=1S/C11H16N4O2/c1-2-17-11-5-9(13-7-14-11)15-8-3-4-10(16)12-6-8/h5,7-8H,2-4,6H2,1H3,(H,12,16)(H,13,14,15). The van der Waals surface area contributed by atoms with E-state index in [2.05, 4.69) is 20.6 Å². The number of nitrogens with zero attached hydrogens (tertiary/aromatic N) is 2. The summed E-state index contributed by atoms with van der Waals surface area (Å²) < 4.78 is 5.29. The molecule has 1 atom stereocenters. The van der Waals surface area contributed by atoms with Crippen molar-refractivity contribution in [1.82, 2.24) is 15.3 Å². The van der Waals surface area contributed by atoms with Crippen molar-refractivity contribution in [3.8, 4) is 5.88 Å². The first-order valence-electron chi connectivity index (χ1n) is 5.76. The van der Waals surface area contributed by atoms with Crippen LogP contribution in [0.1, 0.15) is 19.8 Å². The van der Waals surface area contributed by atoms with Crippen LogP contribution in [0.4, 0.5) is 5.82 Å². The van der Waals surface area contributed by atoms with Crippen molar-refractivity contribution in [1.29, 1.82) is 0 Å². The zero-order valence-corrected chi connectivity index (χ0v) is 9.77. The van der Waals surface area contributed by atoms with Gasteiger partial charge in [0.25, 0.3) is 0 Å². The molecule has 0 radical (unpaired) electrons. The van der Waals surface area contributed by atoms with Crippen molar-refractivity contribution in [3.63, 3.8) is 0 Å². The molecule has 1 amide bonds. The van der Waals surface area contributed by atoms with Crippen LogP contribution in [-0.4, -0.2) is 35.1 Å². The van der Waals surface area contributed by atoms with Gasteiger partial charge < -0.3 is 15.4 Å². The molecule has 0 bridgehead atoms. The lowest BCUT2D eigenvalue weighted by molar-refractivity contribution is -0.122. The fraction of sp³-hybridized carbons (Fsp3) is 0.545. The Kier molecular flexibility index (Phi) is 3.74. The van der Waals surface area contributed by atoms with E-state index in [9.17, 15) is 4.79 Å². The van der Waals surface area contributed by atoms with Crippen molar-refractivity contribution < 1.29 is 9.53 Å². The highest BCUT2D eigenvalue weighted by molar-refractivity contribution is 5.76. The minimum atomic E-state index is 0.112. The van der Waals surface area contributed by atoms with Crippen molar-refractivity contribution in [2.75, 3.05) is 18.5 Å². The number of ether oxygens (including phenoxy) is 1. The molecule has 1 aromatic heterocycles. The first-order chi connectivity index (χ1) is 8.28. The highest BCUT2D eigenvalue weighted by Gasteiger charge is 2.17. The molecule has 1 unspecified atom stereocenters. The second kappa shape index (κ2) is 5.47. The largest absolute Gasteiger partial charge is 0.478 e. The summed E-state index contributed by atoms with van der Waals surface area (Å²) in [6, 6.07) is 1.98. The predicted octanol–water partition coefficient (Wildman–Crippen LogP) is 0.566. The zero-order valence-electron chi connectivity index (χ0n) is 9.77. The molecule has 1 saturated heterocycles. The van der Waals surface area contributed by atoms with E-state index in [0.29, 0.717) is 25.5 Å². The molecule has 6 nitrogen and oxygen atoms in total. The fourth-order valence-electron chi connectivity index (χ4n) is 1.71. The molecule has 0 aliphatic carbocycles. The highest BCUT2D eigenvalue weighted by Crippen LogP contribution is 2.14. The van der Waals surface area contributed by atoms with E-state index < -0.39 is 0 Å². The third-order valence-corrected chi connectivity index (χ3v) is 2.55. The van der Waals surface area contributed by atoms with Gasteiger partial charge in [-0.2, -0.15) is 0 Å². The van der Waals surface area contributed by atoms with Gasteiger partial charge >= 0.3 is 0 Å². The number of anilines is 1. The second-order valence-electron chi connectivity index (χ2n) is 3.86. The number of carbonyl (C=O) groups is 1. The molecule has 0 aromatic carbocycles. The summed E-state index contributed by atoms with van der Waals surface area (Å²) in [6.45, 7) is 3.12. The molecule has 6 heteroatoms. The molecule has 17 heavy (non-hydrogen) atoms. The van der Waals surface area contributed by atoms with Crippen molar-refractivity contribution in [2.24, 2.45) is 0 Å². The van der Waals surface area contributed by atoms with Crippen molar-refractivity contribution >= 4 is 11.7 Å². The van der Waals surface area contributed by atoms with E-state index in [4.69, 9.17) is 4.74 Å². The minimum Gasteiger partial charge on any atom is -0.478 e. The highest BCUT2D eigenvalue weighted by atomic mass is 16.5. The maximum atomic E-state index is 11.0. The monoisotopic (exact) mass is 236 g/mol. The van der Waals surface area contributed by atoms with Gasteiger partial charge in [-0.25, -0.2) is 9.97 Å². The normalized spacial score (nSPS) is 19.6. The summed E-state index contributed by atoms with van der Waals surface area (Å²) in [6.07, 6.45) is 2.84. The lowest BCUT2D eigenvalue weighted by atomic mass is 10.1. The van der Waals surface area contributed by atoms with E-state index >= 15 is 0 Å². The Bertz CT molecular complexity index is 387. The number of piperidine rings is 1. The quantitative estimate of drug-likeness (QED) is 0.799. The number of rotatable bonds is 4. The Labute approximate surface area is 99.8 Å². The van der Waals surface area contributed by atoms with Crippen LogP contribution >= 0.6 is 0 Å². The smallest absolute Gasteiger partial charge is 0.220 e. The minimum absolute atomic E-state index is 0.112. The van der Waals surface area contributed by atoms with Crippen molar-refractivity contribution in [2.45, 2.75) is 25.8 Å². The molecule has 2 heterocycles. The lowest BCUT2D eigenvalue weighted by Gasteiger charge is -2.23. The summed E-state index contributed by atoms with van der Waals surface area (Å²) in [5.41, 5.74) is 0. The third-order valence-electron chi connectivity index (χ3n) is 2.55. The van der Waals surface area contributed by atoms with Gasteiger partial charge in [0.1, 0.15) is 12.1 Å². The number of nitrogens with one attached hydrogen (secondary N) is 2. The number of hydrogen-bond donors (Lipinski definition) is 2. The van der Waals surface area contributed by atoms with E-state index in [0.717, 1.165) is 12.2 Å². The van der Waals surface area contributed by atoms with Crippen LogP contribution in [0.5, 0.6) is 5.88 Å². The lowest BCUT2D eigenvalue weighted by Crippen LogP contribution is -2.42. The average molecular weight is 236 g/mol. The van der Waals surface area contributed by atoms with Gasteiger partial charge in [0, 0.05) is 25.1 Å². The van der Waals surface area contributed by atoms with Crippen LogP contribution in [0, 0.1) is 0 Å². The van der Waals surface area contributed by atoms with Crippen molar-refractivity contribution in [3.05, 3.63) is 12.4 Å². The first kappa shape index (κ1) is 11.6. The van der Waals surface area contributed by atoms with Gasteiger partial charge in [-0.3, -0.25) is 4.79 Å². The molecule has 1 fully saturated rings. The summed E-state index contributed by atoms with van der Waals surface area (Å²) in [5, 5.41) is 6.07. The summed E-state index contributed by atoms with van der Waals surface area (Å²) in [7, 11) is 0. The molecular formula is C11H16N4O2. The number of aromatic nitrogens is 2. The summed E-state index contributed by atoms with van der Waals surface area (Å²) >= 11 is 0. The maximum absolute atomic E-state index is 11.0. The van der Waals surface area contributed by atoms with E-state index in [-0.39, 0.29) is 11.9 Å². The molecule has 2 N–H and O–H groups in total. The van der Waals surface area contributed by atoms with Gasteiger partial charge in [0.2, 0.25) is 11.8 Å². The summed E-state index contributed by atoms with van der Waals surface area (Å²) in [5.74, 6) is 1.40. The van der Waals surface area contributed by atoms with E-state index in [1.807, 2.05) is 6.92 Å². The van der Waals surface area contributed by atoms with Gasteiger partial charge in [-0.1, -0.05) is 0 Å². The Balaban J connectivity index is 1.93. The Hall–Kier alpha value is -1.85. The third kappa shape index (κ3) is 3.30. The second-order valence-corrected chi connectivity index (χ2v) is 3.86. The van der Waals surface area contributed by atoms with Crippen LogP contribution in [0.25, 0.3) is 0 Å². The van der Waals surface area contributed by atoms with E-state index in [1.54, 1.807) is 6.07 Å². The number of carbonyl (C=O) groups excluding carboxylic acids is 1. The van der Waals surface area contributed by atoms with Gasteiger partial charge in [0.15, 0.2) is 0 Å². The van der Waals surface area contributed by atoms with Crippen LogP contribution in [0.3, 0.4) is 0 Å².